The summed E-state index contributed by atoms with van der Waals surface area (Å²) in [5.41, 5.74) is 2.73. The predicted molar refractivity (Wildman–Crippen MR) is 90.7 cm³/mol. The van der Waals surface area contributed by atoms with Crippen molar-refractivity contribution in [3.05, 3.63) is 35.4 Å². The summed E-state index contributed by atoms with van der Waals surface area (Å²) < 4.78 is 0. The second-order valence-electron chi connectivity index (χ2n) is 6.52. The molecule has 0 aliphatic carbocycles. The fourth-order valence-corrected chi connectivity index (χ4v) is 3.27. The Labute approximate surface area is 130 Å². The van der Waals surface area contributed by atoms with Crippen LogP contribution in [-0.4, -0.2) is 56.1 Å². The van der Waals surface area contributed by atoms with Gasteiger partial charge in [0.2, 0.25) is 0 Å². The van der Waals surface area contributed by atoms with Crippen molar-refractivity contribution in [2.45, 2.75) is 38.8 Å². The van der Waals surface area contributed by atoms with Crippen LogP contribution < -0.4 is 5.32 Å². The minimum atomic E-state index is 0.424. The lowest BCUT2D eigenvalue weighted by Crippen LogP contribution is -2.47. The van der Waals surface area contributed by atoms with E-state index in [1.54, 1.807) is 0 Å². The maximum absolute atomic E-state index is 3.64. The van der Waals surface area contributed by atoms with E-state index < -0.39 is 0 Å². The Morgan fingerprint density at radius 2 is 2.05 bits per heavy atom. The zero-order valence-corrected chi connectivity index (χ0v) is 14.1. The fraction of sp³-hybridized carbons (Fsp3) is 0.667. The maximum Gasteiger partial charge on any atom is 0.0449 e. The third-order valence-corrected chi connectivity index (χ3v) is 4.62. The molecule has 0 radical (unpaired) electrons. The van der Waals surface area contributed by atoms with Crippen molar-refractivity contribution in [2.75, 3.05) is 40.3 Å². The molecule has 0 spiro atoms. The number of aryl methyl sites for hydroxylation is 1. The number of rotatable bonds is 6. The lowest BCUT2D eigenvalue weighted by atomic mass is 10.0. The molecule has 1 N–H and O–H groups in total. The smallest absolute Gasteiger partial charge is 0.0449 e. The van der Waals surface area contributed by atoms with Gasteiger partial charge in [0.25, 0.3) is 0 Å². The molecule has 21 heavy (non-hydrogen) atoms. The number of nitrogens with zero attached hydrogens (tertiary/aromatic N) is 2. The average Bonchev–Trinajstić information content (AvgIpc) is 2.47. The highest BCUT2D eigenvalue weighted by Crippen LogP contribution is 2.19. The van der Waals surface area contributed by atoms with E-state index in [0.29, 0.717) is 12.1 Å². The van der Waals surface area contributed by atoms with Gasteiger partial charge in [0.1, 0.15) is 0 Å². The van der Waals surface area contributed by atoms with E-state index in [9.17, 15) is 0 Å². The normalized spacial score (nSPS) is 21.7. The summed E-state index contributed by atoms with van der Waals surface area (Å²) in [6, 6.07) is 10.1. The molecule has 2 atom stereocenters. The molecular formula is C18H31N3. The Balaban J connectivity index is 1.99. The Hall–Kier alpha value is -0.900. The highest BCUT2D eigenvalue weighted by atomic mass is 15.2. The number of likely N-dealkylation sites (N-methyl/N-ethyl adjacent to an activating group) is 3. The third-order valence-electron chi connectivity index (χ3n) is 4.62. The summed E-state index contributed by atoms with van der Waals surface area (Å²) in [5.74, 6) is 0. The fourth-order valence-electron chi connectivity index (χ4n) is 3.27. The van der Waals surface area contributed by atoms with E-state index in [-0.39, 0.29) is 0 Å². The first-order chi connectivity index (χ1) is 10.1. The van der Waals surface area contributed by atoms with Gasteiger partial charge in [-0.3, -0.25) is 0 Å². The van der Waals surface area contributed by atoms with E-state index in [4.69, 9.17) is 0 Å². The van der Waals surface area contributed by atoms with Gasteiger partial charge in [0.15, 0.2) is 0 Å². The molecule has 2 unspecified atom stereocenters. The van der Waals surface area contributed by atoms with Crippen molar-refractivity contribution >= 4 is 0 Å². The number of likely N-dealkylation sites (tertiary alicyclic amines) is 1. The van der Waals surface area contributed by atoms with E-state index in [2.05, 4.69) is 67.3 Å². The van der Waals surface area contributed by atoms with E-state index in [0.717, 1.165) is 13.1 Å². The minimum absolute atomic E-state index is 0.424. The van der Waals surface area contributed by atoms with Crippen LogP contribution in [0.2, 0.25) is 0 Å². The molecule has 3 nitrogen and oxygen atoms in total. The Morgan fingerprint density at radius 3 is 2.67 bits per heavy atom. The van der Waals surface area contributed by atoms with Crippen LogP contribution in [0.5, 0.6) is 0 Å². The van der Waals surface area contributed by atoms with Gasteiger partial charge in [-0.2, -0.15) is 0 Å². The van der Waals surface area contributed by atoms with Crippen LogP contribution in [0, 0.1) is 6.92 Å². The van der Waals surface area contributed by atoms with Gasteiger partial charge in [-0.15, -0.1) is 0 Å². The number of nitrogens with one attached hydrogen (secondary N) is 1. The lowest BCUT2D eigenvalue weighted by Gasteiger charge is -2.37. The largest absolute Gasteiger partial charge is 0.309 e. The number of piperidine rings is 1. The zero-order valence-electron chi connectivity index (χ0n) is 14.1. The summed E-state index contributed by atoms with van der Waals surface area (Å²) in [5, 5.41) is 3.64. The summed E-state index contributed by atoms with van der Waals surface area (Å²) in [6.07, 6.45) is 2.65. The number of hydrogen-bond acceptors (Lipinski definition) is 3. The topological polar surface area (TPSA) is 18.5 Å². The quantitative estimate of drug-likeness (QED) is 0.868. The standard InChI is InChI=1S/C18H31N3/c1-5-19-18(16-10-8-15(2)9-11-16)14-21(4)17-7-6-12-20(3)13-17/h8-11,17-19H,5-7,12-14H2,1-4H3. The molecule has 0 aromatic heterocycles. The molecule has 0 bridgehead atoms. The molecule has 1 fully saturated rings. The lowest BCUT2D eigenvalue weighted by molar-refractivity contribution is 0.125. The summed E-state index contributed by atoms with van der Waals surface area (Å²) in [6.45, 7) is 8.88. The van der Waals surface area contributed by atoms with Crippen LogP contribution >= 0.6 is 0 Å². The average molecular weight is 289 g/mol. The first-order valence-electron chi connectivity index (χ1n) is 8.29. The van der Waals surface area contributed by atoms with Crippen LogP contribution in [0.15, 0.2) is 24.3 Å². The van der Waals surface area contributed by atoms with Gasteiger partial charge >= 0.3 is 0 Å². The second kappa shape index (κ2) is 7.92. The Morgan fingerprint density at radius 1 is 1.33 bits per heavy atom. The van der Waals surface area contributed by atoms with Crippen molar-refractivity contribution in [3.63, 3.8) is 0 Å². The molecule has 3 heteroatoms. The van der Waals surface area contributed by atoms with Crippen molar-refractivity contribution in [3.8, 4) is 0 Å². The molecule has 0 saturated carbocycles. The van der Waals surface area contributed by atoms with Gasteiger partial charge in [-0.05, 0) is 52.5 Å². The second-order valence-corrected chi connectivity index (χ2v) is 6.52. The van der Waals surface area contributed by atoms with Crippen molar-refractivity contribution in [1.82, 2.24) is 15.1 Å². The number of hydrogen-bond donors (Lipinski definition) is 1. The summed E-state index contributed by atoms with van der Waals surface area (Å²) >= 11 is 0. The molecular weight excluding hydrogens is 258 g/mol. The summed E-state index contributed by atoms with van der Waals surface area (Å²) in [4.78, 5) is 5.00. The van der Waals surface area contributed by atoms with Crippen LogP contribution in [0.4, 0.5) is 0 Å². The van der Waals surface area contributed by atoms with E-state index >= 15 is 0 Å². The third kappa shape index (κ3) is 4.80. The molecule has 0 amide bonds. The number of benzene rings is 1. The predicted octanol–water partition coefficient (Wildman–Crippen LogP) is 2.67. The molecule has 1 aliphatic heterocycles. The van der Waals surface area contributed by atoms with Gasteiger partial charge in [0, 0.05) is 25.2 Å². The Bertz CT molecular complexity index is 415. The molecule has 1 aromatic carbocycles. The van der Waals surface area contributed by atoms with Crippen molar-refractivity contribution < 1.29 is 0 Å². The zero-order chi connectivity index (χ0) is 15.2. The molecule has 1 heterocycles. The van der Waals surface area contributed by atoms with Crippen molar-refractivity contribution in [2.24, 2.45) is 0 Å². The molecule has 1 saturated heterocycles. The Kier molecular flexibility index (Phi) is 6.22. The monoisotopic (exact) mass is 289 g/mol. The maximum atomic E-state index is 3.64. The van der Waals surface area contributed by atoms with Crippen molar-refractivity contribution in [1.29, 1.82) is 0 Å². The highest BCUT2D eigenvalue weighted by molar-refractivity contribution is 5.24. The van der Waals surface area contributed by atoms with Crippen LogP contribution in [0.25, 0.3) is 0 Å². The van der Waals surface area contributed by atoms with Crippen LogP contribution in [0.1, 0.15) is 36.9 Å². The van der Waals surface area contributed by atoms with Gasteiger partial charge in [-0.1, -0.05) is 36.8 Å². The molecule has 1 aromatic rings. The van der Waals surface area contributed by atoms with Gasteiger partial charge in [-0.25, -0.2) is 0 Å². The molecule has 1 aliphatic rings. The van der Waals surface area contributed by atoms with Gasteiger partial charge < -0.3 is 15.1 Å². The summed E-state index contributed by atoms with van der Waals surface area (Å²) in [7, 11) is 4.52. The van der Waals surface area contributed by atoms with Gasteiger partial charge in [0.05, 0.1) is 0 Å². The van der Waals surface area contributed by atoms with Crippen LogP contribution in [-0.2, 0) is 0 Å². The molecule has 2 rings (SSSR count). The minimum Gasteiger partial charge on any atom is -0.309 e. The van der Waals surface area contributed by atoms with Crippen LogP contribution in [0.3, 0.4) is 0 Å². The molecule has 118 valence electrons. The van der Waals surface area contributed by atoms with E-state index in [1.807, 2.05) is 0 Å². The first kappa shape index (κ1) is 16.5. The first-order valence-corrected chi connectivity index (χ1v) is 8.29. The van der Waals surface area contributed by atoms with E-state index in [1.165, 1.54) is 37.1 Å². The SMILES string of the molecule is CCNC(CN(C)C1CCCN(C)C1)c1ccc(C)cc1. The highest BCUT2D eigenvalue weighted by Gasteiger charge is 2.23.